The van der Waals surface area contributed by atoms with Crippen LogP contribution in [-0.2, 0) is 16.0 Å². The van der Waals surface area contributed by atoms with Gasteiger partial charge in [-0.05, 0) is 58.7 Å². The predicted molar refractivity (Wildman–Crippen MR) is 152 cm³/mol. The molecule has 0 bridgehead atoms. The first-order valence-corrected chi connectivity index (χ1v) is 13.0. The largest absolute Gasteiger partial charge is 0.493 e. The Labute approximate surface area is 239 Å². The fourth-order valence-corrected chi connectivity index (χ4v) is 4.25. The fourth-order valence-electron chi connectivity index (χ4n) is 3.38. The molecule has 0 unspecified atom stereocenters. The summed E-state index contributed by atoms with van der Waals surface area (Å²) >= 11 is 15.5. The number of carbonyl (C=O) groups excluding carboxylic acids is 2. The maximum Gasteiger partial charge on any atom is 0.262 e. The number of methoxy groups -OCH3 is 2. The summed E-state index contributed by atoms with van der Waals surface area (Å²) in [6.45, 7) is 1.56. The van der Waals surface area contributed by atoms with Gasteiger partial charge in [0.05, 0.1) is 25.5 Å². The minimum atomic E-state index is -0.939. The lowest BCUT2D eigenvalue weighted by Gasteiger charge is -2.21. The molecule has 3 rings (SSSR count). The van der Waals surface area contributed by atoms with Gasteiger partial charge >= 0.3 is 0 Å². The normalized spacial score (nSPS) is 12.5. The van der Waals surface area contributed by atoms with Crippen molar-refractivity contribution in [2.45, 2.75) is 25.5 Å². The van der Waals surface area contributed by atoms with Gasteiger partial charge in [0, 0.05) is 21.5 Å². The first-order valence-electron chi connectivity index (χ1n) is 11.4. The molecule has 0 aliphatic carbocycles. The molecule has 0 aliphatic heterocycles. The van der Waals surface area contributed by atoms with Crippen LogP contribution in [-0.4, -0.2) is 44.4 Å². The summed E-state index contributed by atoms with van der Waals surface area (Å²) in [6.07, 6.45) is 0.758. The van der Waals surface area contributed by atoms with E-state index >= 15 is 0 Å². The van der Waals surface area contributed by atoms with Gasteiger partial charge in [0.15, 0.2) is 17.6 Å². The standard InChI is InChI=1S/C27H26BrCl2N3O5/c1-16(38-23-10-9-19(29)13-21(23)30)26(34)32-22(11-17-7-5-4-6-8-17)27(35)33-31-15-18-12-24(36-2)25(37-3)14-20(18)28/h4-10,12-16,22H,11H2,1-3H3,(H,32,34)(H,33,35)/b31-15-/t16-,22-/m0/s1. The van der Waals surface area contributed by atoms with Crippen molar-refractivity contribution in [3.63, 3.8) is 0 Å². The second-order valence-corrected chi connectivity index (χ2v) is 9.75. The number of ether oxygens (including phenoxy) is 3. The summed E-state index contributed by atoms with van der Waals surface area (Å²) in [4.78, 5) is 26.0. The first kappa shape index (κ1) is 29.3. The van der Waals surface area contributed by atoms with E-state index < -0.39 is 24.0 Å². The van der Waals surface area contributed by atoms with Crippen LogP contribution in [0.1, 0.15) is 18.1 Å². The molecule has 3 aromatic carbocycles. The number of rotatable bonds is 11. The number of hydrogen-bond acceptors (Lipinski definition) is 6. The number of amides is 2. The molecule has 0 spiro atoms. The molecule has 2 N–H and O–H groups in total. The molecule has 2 amide bonds. The first-order chi connectivity index (χ1) is 18.2. The van der Waals surface area contributed by atoms with Crippen LogP contribution < -0.4 is 25.0 Å². The van der Waals surface area contributed by atoms with Gasteiger partial charge in [-0.25, -0.2) is 5.43 Å². The minimum Gasteiger partial charge on any atom is -0.493 e. The predicted octanol–water partition coefficient (Wildman–Crippen LogP) is 5.42. The van der Waals surface area contributed by atoms with E-state index in [0.717, 1.165) is 5.56 Å². The fraction of sp³-hybridized carbons (Fsp3) is 0.222. The van der Waals surface area contributed by atoms with E-state index in [1.807, 2.05) is 30.3 Å². The Kier molecular flexibility index (Phi) is 10.8. The Balaban J connectivity index is 1.73. The van der Waals surface area contributed by atoms with E-state index in [4.69, 9.17) is 37.4 Å². The maximum absolute atomic E-state index is 13.1. The Bertz CT molecular complexity index is 1310. The summed E-state index contributed by atoms with van der Waals surface area (Å²) in [6, 6.07) is 16.5. The zero-order valence-electron chi connectivity index (χ0n) is 20.8. The topological polar surface area (TPSA) is 98.2 Å². The molecule has 8 nitrogen and oxygen atoms in total. The smallest absolute Gasteiger partial charge is 0.262 e. The van der Waals surface area contributed by atoms with Gasteiger partial charge in [-0.15, -0.1) is 0 Å². The molecule has 0 aliphatic rings. The van der Waals surface area contributed by atoms with Crippen molar-refractivity contribution in [3.05, 3.63) is 86.3 Å². The third kappa shape index (κ3) is 8.11. The average molecular weight is 623 g/mol. The third-order valence-electron chi connectivity index (χ3n) is 5.36. The summed E-state index contributed by atoms with van der Waals surface area (Å²) in [5.41, 5.74) is 4.00. The molecule has 38 heavy (non-hydrogen) atoms. The van der Waals surface area contributed by atoms with Crippen LogP contribution in [0.15, 0.2) is 70.2 Å². The lowest BCUT2D eigenvalue weighted by atomic mass is 10.1. The van der Waals surface area contributed by atoms with Crippen LogP contribution >= 0.6 is 39.1 Å². The van der Waals surface area contributed by atoms with Crippen molar-refractivity contribution in [1.29, 1.82) is 0 Å². The monoisotopic (exact) mass is 621 g/mol. The van der Waals surface area contributed by atoms with Gasteiger partial charge < -0.3 is 19.5 Å². The second-order valence-electron chi connectivity index (χ2n) is 8.05. The second kappa shape index (κ2) is 14.0. The summed E-state index contributed by atoms with van der Waals surface area (Å²) in [5.74, 6) is 0.341. The lowest BCUT2D eigenvalue weighted by molar-refractivity contribution is -0.132. The van der Waals surface area contributed by atoms with E-state index in [1.54, 1.807) is 31.2 Å². The number of carbonyl (C=O) groups is 2. The maximum atomic E-state index is 13.1. The summed E-state index contributed by atoms with van der Waals surface area (Å²) < 4.78 is 17.0. The highest BCUT2D eigenvalue weighted by atomic mass is 79.9. The Morgan fingerprint density at radius 3 is 2.32 bits per heavy atom. The Morgan fingerprint density at radius 2 is 1.66 bits per heavy atom. The van der Waals surface area contributed by atoms with Crippen molar-refractivity contribution < 1.29 is 23.8 Å². The number of nitrogens with zero attached hydrogens (tertiary/aromatic N) is 1. The van der Waals surface area contributed by atoms with E-state index in [-0.39, 0.29) is 11.4 Å². The van der Waals surface area contributed by atoms with Crippen LogP contribution in [0.4, 0.5) is 0 Å². The highest BCUT2D eigenvalue weighted by molar-refractivity contribution is 9.10. The number of nitrogens with one attached hydrogen (secondary N) is 2. The van der Waals surface area contributed by atoms with E-state index in [0.29, 0.717) is 32.3 Å². The Morgan fingerprint density at radius 1 is 0.974 bits per heavy atom. The van der Waals surface area contributed by atoms with Crippen LogP contribution in [0.3, 0.4) is 0 Å². The highest BCUT2D eigenvalue weighted by Gasteiger charge is 2.25. The van der Waals surface area contributed by atoms with Crippen LogP contribution in [0.2, 0.25) is 10.0 Å². The van der Waals surface area contributed by atoms with Gasteiger partial charge in [-0.2, -0.15) is 5.10 Å². The Hall–Kier alpha value is -3.27. The molecule has 200 valence electrons. The van der Waals surface area contributed by atoms with Crippen molar-refractivity contribution in [1.82, 2.24) is 10.7 Å². The van der Waals surface area contributed by atoms with E-state index in [2.05, 4.69) is 31.8 Å². The molecule has 11 heteroatoms. The molecule has 0 aromatic heterocycles. The van der Waals surface area contributed by atoms with Gasteiger partial charge in [-0.1, -0.05) is 53.5 Å². The molecule has 2 atom stereocenters. The van der Waals surface area contributed by atoms with Crippen molar-refractivity contribution in [2.24, 2.45) is 5.10 Å². The molecular weight excluding hydrogens is 597 g/mol. The minimum absolute atomic E-state index is 0.238. The zero-order valence-corrected chi connectivity index (χ0v) is 23.9. The average Bonchev–Trinajstić information content (AvgIpc) is 2.90. The number of halogens is 3. The van der Waals surface area contributed by atoms with E-state index in [9.17, 15) is 9.59 Å². The molecule has 3 aromatic rings. The van der Waals surface area contributed by atoms with Gasteiger partial charge in [0.25, 0.3) is 11.8 Å². The molecule has 0 saturated heterocycles. The summed E-state index contributed by atoms with van der Waals surface area (Å²) in [5, 5.41) is 7.53. The van der Waals surface area contributed by atoms with Gasteiger partial charge in [0.1, 0.15) is 11.8 Å². The van der Waals surface area contributed by atoms with E-state index in [1.165, 1.54) is 26.5 Å². The van der Waals surface area contributed by atoms with Crippen molar-refractivity contribution >= 4 is 57.2 Å². The molecular formula is C27H26BrCl2N3O5. The zero-order chi connectivity index (χ0) is 27.7. The number of hydrazone groups is 1. The summed E-state index contributed by atoms with van der Waals surface area (Å²) in [7, 11) is 3.06. The van der Waals surface area contributed by atoms with Crippen LogP contribution in [0.5, 0.6) is 17.2 Å². The SMILES string of the molecule is COc1cc(Br)c(/C=N\NC(=O)[C@H](Cc2ccccc2)NC(=O)[C@H](C)Oc2ccc(Cl)cc2Cl)cc1OC. The molecule has 0 saturated carbocycles. The highest BCUT2D eigenvalue weighted by Crippen LogP contribution is 2.32. The number of benzene rings is 3. The molecule has 0 fully saturated rings. The third-order valence-corrected chi connectivity index (χ3v) is 6.58. The van der Waals surface area contributed by atoms with Crippen LogP contribution in [0.25, 0.3) is 0 Å². The molecule has 0 heterocycles. The van der Waals surface area contributed by atoms with Crippen molar-refractivity contribution in [3.8, 4) is 17.2 Å². The van der Waals surface area contributed by atoms with Gasteiger partial charge in [-0.3, -0.25) is 9.59 Å². The quantitative estimate of drug-likeness (QED) is 0.220. The lowest BCUT2D eigenvalue weighted by Crippen LogP contribution is -2.50. The van der Waals surface area contributed by atoms with Crippen LogP contribution in [0, 0.1) is 0 Å². The molecule has 0 radical (unpaired) electrons. The van der Waals surface area contributed by atoms with Gasteiger partial charge in [0.2, 0.25) is 0 Å². The van der Waals surface area contributed by atoms with Crippen molar-refractivity contribution in [2.75, 3.05) is 14.2 Å². The number of hydrogen-bond donors (Lipinski definition) is 2.